The number of hydrogen-bond donors (Lipinski definition) is 3. The zero-order chi connectivity index (χ0) is 24.3. The molecule has 180 valence electrons. The average molecular weight is 474 g/mol. The first kappa shape index (κ1) is 24.3. The van der Waals surface area contributed by atoms with Crippen LogP contribution in [0.25, 0.3) is 22.0 Å². The molecule has 0 bridgehead atoms. The SMILES string of the molecule is N#CCc1cc(F)cc(CNCCCCOCCNc2cc(-c3ccnnc3)cc3[nH]ncc23)c1. The molecule has 0 aliphatic rings. The summed E-state index contributed by atoms with van der Waals surface area (Å²) in [6.45, 7) is 3.36. The Labute approximate surface area is 203 Å². The number of nitrogens with one attached hydrogen (secondary N) is 3. The van der Waals surface area contributed by atoms with Gasteiger partial charge in [0.25, 0.3) is 0 Å². The van der Waals surface area contributed by atoms with Crippen molar-refractivity contribution in [1.82, 2.24) is 25.7 Å². The Hall–Kier alpha value is -3.87. The molecule has 4 aromatic rings. The summed E-state index contributed by atoms with van der Waals surface area (Å²) in [5, 5.41) is 31.6. The van der Waals surface area contributed by atoms with Crippen LogP contribution < -0.4 is 10.6 Å². The lowest BCUT2D eigenvalue weighted by Crippen LogP contribution is -2.16. The van der Waals surface area contributed by atoms with Crippen LogP contribution in [0.5, 0.6) is 0 Å². The van der Waals surface area contributed by atoms with Gasteiger partial charge in [-0.1, -0.05) is 6.07 Å². The fraction of sp³-hybridized carbons (Fsp3) is 0.308. The summed E-state index contributed by atoms with van der Waals surface area (Å²) in [5.74, 6) is -0.300. The predicted octanol–water partition coefficient (Wildman–Crippen LogP) is 4.22. The zero-order valence-electron chi connectivity index (χ0n) is 19.4. The van der Waals surface area contributed by atoms with Gasteiger partial charge in [0.1, 0.15) is 5.82 Å². The van der Waals surface area contributed by atoms with Gasteiger partial charge in [-0.25, -0.2) is 4.39 Å². The molecule has 0 atom stereocenters. The van der Waals surface area contributed by atoms with E-state index in [4.69, 9.17) is 10.00 Å². The maximum Gasteiger partial charge on any atom is 0.123 e. The first-order chi connectivity index (χ1) is 17.2. The lowest BCUT2D eigenvalue weighted by atomic mass is 10.1. The number of aromatic nitrogens is 4. The van der Waals surface area contributed by atoms with Gasteiger partial charge in [-0.05, 0) is 66.4 Å². The number of halogens is 1. The van der Waals surface area contributed by atoms with Crippen molar-refractivity contribution in [3.05, 3.63) is 71.9 Å². The van der Waals surface area contributed by atoms with Gasteiger partial charge in [0.2, 0.25) is 0 Å². The lowest BCUT2D eigenvalue weighted by Gasteiger charge is -2.11. The van der Waals surface area contributed by atoms with Gasteiger partial charge in [-0.2, -0.15) is 20.6 Å². The maximum atomic E-state index is 13.6. The summed E-state index contributed by atoms with van der Waals surface area (Å²) >= 11 is 0. The first-order valence-corrected chi connectivity index (χ1v) is 11.6. The van der Waals surface area contributed by atoms with Crippen molar-refractivity contribution in [1.29, 1.82) is 5.26 Å². The Balaban J connectivity index is 1.14. The molecule has 0 unspecified atom stereocenters. The van der Waals surface area contributed by atoms with Crippen LogP contribution in [0.2, 0.25) is 0 Å². The van der Waals surface area contributed by atoms with Crippen molar-refractivity contribution < 1.29 is 9.13 Å². The highest BCUT2D eigenvalue weighted by molar-refractivity contribution is 5.95. The second kappa shape index (κ2) is 12.6. The van der Waals surface area contributed by atoms with E-state index in [1.807, 2.05) is 18.3 Å². The second-order valence-corrected chi connectivity index (χ2v) is 8.21. The number of nitriles is 1. The number of nitrogens with zero attached hydrogens (tertiary/aromatic N) is 4. The molecule has 0 aliphatic carbocycles. The van der Waals surface area contributed by atoms with Crippen LogP contribution in [0.3, 0.4) is 0 Å². The smallest absolute Gasteiger partial charge is 0.123 e. The molecule has 2 heterocycles. The number of anilines is 1. The summed E-state index contributed by atoms with van der Waals surface area (Å²) < 4.78 is 19.4. The minimum Gasteiger partial charge on any atom is -0.382 e. The van der Waals surface area contributed by atoms with Gasteiger partial charge < -0.3 is 15.4 Å². The Morgan fingerprint density at radius 3 is 2.74 bits per heavy atom. The van der Waals surface area contributed by atoms with E-state index in [0.29, 0.717) is 31.9 Å². The van der Waals surface area contributed by atoms with Crippen LogP contribution in [0.4, 0.5) is 10.1 Å². The van der Waals surface area contributed by atoms with Crippen LogP contribution in [-0.2, 0) is 17.7 Å². The van der Waals surface area contributed by atoms with Crippen molar-refractivity contribution in [2.75, 3.05) is 31.6 Å². The molecule has 0 spiro atoms. The molecule has 0 fully saturated rings. The standard InChI is InChI=1S/C26H28FN7O/c27-23-12-19(3-5-28)11-20(13-23)16-29-6-1-2-9-35-10-8-30-25-14-22(21-4-7-31-32-17-21)15-26-24(25)18-33-34-26/h4,7,11-15,17-18,29-30H,1-3,6,8-10,16H2,(H,33,34). The third-order valence-corrected chi connectivity index (χ3v) is 5.56. The number of rotatable bonds is 13. The van der Waals surface area contributed by atoms with Crippen molar-refractivity contribution >= 4 is 16.6 Å². The van der Waals surface area contributed by atoms with E-state index < -0.39 is 0 Å². The minimum absolute atomic E-state index is 0.220. The maximum absolute atomic E-state index is 13.6. The zero-order valence-corrected chi connectivity index (χ0v) is 19.4. The first-order valence-electron chi connectivity index (χ1n) is 11.6. The summed E-state index contributed by atoms with van der Waals surface area (Å²) in [4.78, 5) is 0. The van der Waals surface area contributed by atoms with E-state index >= 15 is 0 Å². The summed E-state index contributed by atoms with van der Waals surface area (Å²) in [6.07, 6.45) is 7.35. The fourth-order valence-electron chi connectivity index (χ4n) is 3.89. The van der Waals surface area contributed by atoms with Crippen molar-refractivity contribution in [2.45, 2.75) is 25.8 Å². The molecule has 9 heteroatoms. The quantitative estimate of drug-likeness (QED) is 0.249. The molecule has 0 saturated heterocycles. The van der Waals surface area contributed by atoms with Gasteiger partial charge in [0.05, 0.1) is 43.2 Å². The topological polar surface area (TPSA) is 112 Å². The lowest BCUT2D eigenvalue weighted by molar-refractivity contribution is 0.140. The number of ether oxygens (including phenoxy) is 1. The summed E-state index contributed by atoms with van der Waals surface area (Å²) in [7, 11) is 0. The van der Waals surface area contributed by atoms with Crippen LogP contribution in [-0.4, -0.2) is 46.7 Å². The minimum atomic E-state index is -0.300. The van der Waals surface area contributed by atoms with Crippen molar-refractivity contribution in [2.24, 2.45) is 0 Å². The third kappa shape index (κ3) is 7.06. The van der Waals surface area contributed by atoms with Crippen molar-refractivity contribution in [3.63, 3.8) is 0 Å². The summed E-state index contributed by atoms with van der Waals surface area (Å²) in [6, 6.07) is 12.9. The Kier molecular flexibility index (Phi) is 8.70. The third-order valence-electron chi connectivity index (χ3n) is 5.56. The molecule has 0 aliphatic heterocycles. The number of H-pyrrole nitrogens is 1. The molecule has 4 rings (SSSR count). The van der Waals surface area contributed by atoms with Crippen LogP contribution in [0.15, 0.2) is 55.0 Å². The van der Waals surface area contributed by atoms with Crippen molar-refractivity contribution in [3.8, 4) is 17.2 Å². The molecule has 0 radical (unpaired) electrons. The highest BCUT2D eigenvalue weighted by atomic mass is 19.1. The second-order valence-electron chi connectivity index (χ2n) is 8.21. The molecular formula is C26H28FN7O. The Bertz CT molecular complexity index is 1270. The molecule has 3 N–H and O–H groups in total. The summed E-state index contributed by atoms with van der Waals surface area (Å²) in [5.41, 5.74) is 5.53. The van der Waals surface area contributed by atoms with Gasteiger partial charge in [0.15, 0.2) is 0 Å². The number of fused-ring (bicyclic) bond motifs is 1. The van der Waals surface area contributed by atoms with Gasteiger partial charge >= 0.3 is 0 Å². The Morgan fingerprint density at radius 1 is 0.971 bits per heavy atom. The number of benzene rings is 2. The predicted molar refractivity (Wildman–Crippen MR) is 133 cm³/mol. The molecule has 8 nitrogen and oxygen atoms in total. The molecule has 35 heavy (non-hydrogen) atoms. The van der Waals surface area contributed by atoms with Gasteiger partial charge in [-0.15, -0.1) is 0 Å². The van der Waals surface area contributed by atoms with Crippen LogP contribution in [0, 0.1) is 17.1 Å². The van der Waals surface area contributed by atoms with E-state index in [-0.39, 0.29) is 12.2 Å². The number of hydrogen-bond acceptors (Lipinski definition) is 7. The van der Waals surface area contributed by atoms with E-state index in [9.17, 15) is 4.39 Å². The number of aromatic amines is 1. The number of unbranched alkanes of at least 4 members (excludes halogenated alkanes) is 1. The normalized spacial score (nSPS) is 11.0. The van der Waals surface area contributed by atoms with Gasteiger partial charge in [0, 0.05) is 36.3 Å². The highest BCUT2D eigenvalue weighted by Crippen LogP contribution is 2.29. The van der Waals surface area contributed by atoms with E-state index in [2.05, 4.69) is 49.2 Å². The molecule has 0 saturated carbocycles. The fourth-order valence-corrected chi connectivity index (χ4v) is 3.89. The monoisotopic (exact) mass is 473 g/mol. The molecule has 2 aromatic carbocycles. The molecule has 2 aromatic heterocycles. The van der Waals surface area contributed by atoms with E-state index in [1.165, 1.54) is 12.1 Å². The molecular weight excluding hydrogens is 445 g/mol. The molecule has 0 amide bonds. The van der Waals surface area contributed by atoms with Crippen LogP contribution in [0.1, 0.15) is 24.0 Å². The highest BCUT2D eigenvalue weighted by Gasteiger charge is 2.08. The average Bonchev–Trinajstić information content (AvgIpc) is 3.34. The van der Waals surface area contributed by atoms with Crippen LogP contribution >= 0.6 is 0 Å². The largest absolute Gasteiger partial charge is 0.382 e. The van der Waals surface area contributed by atoms with E-state index in [1.54, 1.807) is 12.4 Å². The van der Waals surface area contributed by atoms with Gasteiger partial charge in [-0.3, -0.25) is 5.10 Å². The Morgan fingerprint density at radius 2 is 1.89 bits per heavy atom. The van der Waals surface area contributed by atoms with E-state index in [0.717, 1.165) is 52.7 Å².